The highest BCUT2D eigenvalue weighted by Gasteiger charge is 2.68. The lowest BCUT2D eigenvalue weighted by atomic mass is 9.78. The average Bonchev–Trinajstić information content (AvgIpc) is 1.53. The molecule has 87 heavy (non-hydrogen) atoms. The third kappa shape index (κ3) is 14.8. The summed E-state index contributed by atoms with van der Waals surface area (Å²) in [6.45, 7) is 1.78. The van der Waals surface area contributed by atoms with E-state index in [2.05, 4.69) is 32.3 Å². The van der Waals surface area contributed by atoms with Crippen molar-refractivity contribution in [3.63, 3.8) is 0 Å². The van der Waals surface area contributed by atoms with Crippen molar-refractivity contribution >= 4 is 70.8 Å². The van der Waals surface area contributed by atoms with Gasteiger partial charge in [-0.15, -0.1) is 0 Å². The quantitative estimate of drug-likeness (QED) is 0.0190. The van der Waals surface area contributed by atoms with Crippen molar-refractivity contribution in [1.29, 1.82) is 0 Å². The molecule has 0 radical (unpaired) electrons. The molecule has 2 aliphatic rings. The largest absolute Gasteiger partial charge is 0.524 e. The molecule has 3 heterocycles. The van der Waals surface area contributed by atoms with Crippen LogP contribution in [0.1, 0.15) is 109 Å². The van der Waals surface area contributed by atoms with Crippen molar-refractivity contribution in [2.24, 2.45) is 5.92 Å². The van der Waals surface area contributed by atoms with E-state index in [9.17, 15) is 90.6 Å². The van der Waals surface area contributed by atoms with Crippen LogP contribution in [0.5, 0.6) is 5.75 Å². The number of hydrogen-bond acceptors (Lipinski definition) is 11. The first kappa shape index (κ1) is 66.7. The van der Waals surface area contributed by atoms with E-state index in [1.54, 1.807) is 0 Å². The maximum atomic E-state index is 15.7. The molecule has 6 aromatic rings. The second-order valence-electron chi connectivity index (χ2n) is 22.1. The van der Waals surface area contributed by atoms with Crippen LogP contribution in [0.15, 0.2) is 54.6 Å². The summed E-state index contributed by atoms with van der Waals surface area (Å²) in [4.78, 5) is 72.8. The first-order chi connectivity index (χ1) is 39.7. The minimum absolute atomic E-state index is 0.167. The number of aromatic nitrogens is 5. The van der Waals surface area contributed by atoms with Crippen LogP contribution in [0.25, 0.3) is 22.0 Å². The molecule has 6 N–H and O–H groups in total. The first-order valence-corrected chi connectivity index (χ1v) is 32.1. The van der Waals surface area contributed by atoms with Gasteiger partial charge in [0.25, 0.3) is 17.2 Å². The molecule has 8 rings (SSSR count). The van der Waals surface area contributed by atoms with E-state index in [0.717, 1.165) is 48.7 Å². The Bertz CT molecular complexity index is 4060. The molecule has 470 valence electrons. The molecular weight excluding hydrogens is 1280 g/mol. The minimum atomic E-state index is -5.45. The number of benzene rings is 3. The van der Waals surface area contributed by atoms with Gasteiger partial charge in [0.1, 0.15) is 46.6 Å². The number of amides is 2. The topological polar surface area (TPSA) is 294 Å². The first-order valence-electron chi connectivity index (χ1n) is 25.4. The smallest absolute Gasteiger partial charge is 0.404 e. The number of nitrogens with zero attached hydrogens (tertiary/aromatic N) is 6. The van der Waals surface area contributed by atoms with E-state index in [0.29, 0.717) is 10.7 Å². The van der Waals surface area contributed by atoms with E-state index >= 15 is 8.78 Å². The molecule has 3 aromatic heterocycles. The van der Waals surface area contributed by atoms with Gasteiger partial charge in [-0.3, -0.25) is 37.9 Å². The van der Waals surface area contributed by atoms with Crippen LogP contribution in [-0.4, -0.2) is 94.6 Å². The monoisotopic (exact) mass is 1330 g/mol. The lowest BCUT2D eigenvalue weighted by Gasteiger charge is -2.31. The highest BCUT2D eigenvalue weighted by Crippen LogP contribution is 2.68. The fourth-order valence-corrected chi connectivity index (χ4v) is 12.6. The van der Waals surface area contributed by atoms with E-state index in [-0.39, 0.29) is 54.5 Å². The van der Waals surface area contributed by atoms with Gasteiger partial charge in [-0.05, 0) is 98.5 Å². The summed E-state index contributed by atoms with van der Waals surface area (Å²) >= 11 is 3.34. The van der Waals surface area contributed by atoms with Crippen molar-refractivity contribution in [2.75, 3.05) is 6.26 Å². The summed E-state index contributed by atoms with van der Waals surface area (Å²) in [5, 5.41) is 9.00. The lowest BCUT2D eigenvalue weighted by Crippen LogP contribution is -2.37. The predicted molar refractivity (Wildman–Crippen MR) is 291 cm³/mol. The summed E-state index contributed by atoms with van der Waals surface area (Å²) in [5.74, 6) is -7.28. The third-order valence-electron chi connectivity index (χ3n) is 14.4. The van der Waals surface area contributed by atoms with Crippen LogP contribution >= 0.6 is 27.0 Å². The number of carbonyl (C=O) groups is 2. The number of aryl methyl sites for hydroxylation is 1. The molecule has 0 aliphatic heterocycles. The Kier molecular flexibility index (Phi) is 17.8. The van der Waals surface area contributed by atoms with Crippen molar-refractivity contribution in [2.45, 2.75) is 120 Å². The molecule has 20 nitrogen and oxygen atoms in total. The standard InChI is InChI=1S/C52H50ClF10N7O13P2S2/c1-25-13-27(23-84(73,74)75)43(38(14-25)83-85(76,77)78)48(2,3)20-40(72)70(86(79)80)21-37-42-35(53)10-9-32(45(42)69(66-37)24-50(56,57)58)31-8-7-30(11-12-49(4,5)87(6,81)82)64-44(31)36(17-26-15-28(54)18-29(55)16-26)65-39(71)22-68-47-41(46(67-68)52(61,62)63)33-19-34(33)51(47,59)60/h7-10,13-16,18,33-34,36H,17,19-24H2,1-6H3,(H,65,71)(H,79,80)(H2,73,74,75)(H2,76,77,78)/t33-,34+,36-/m0/s1. The van der Waals surface area contributed by atoms with Crippen molar-refractivity contribution in [3.05, 3.63) is 128 Å². The Morgan fingerprint density at radius 1 is 0.954 bits per heavy atom. The Balaban J connectivity index is 1.30. The SMILES string of the molecule is Cc1cc(CP(=O)(O)O)c(C(C)(C)CC(=O)N(Cc2nn(CC(F)(F)F)c3c(-c4ccc(C#CC(C)(C)S(C)(=O)=O)nc4[C@H](Cc4cc(F)cc(F)c4)NC(=O)Cn4nc(C(F)(F)F)c5c4C(F)(F)[C@@H]4C[C@H]54)ccc(Cl)c23)S(=O)O)c(OP(=O)(O)O)c1. The Labute approximate surface area is 495 Å². The van der Waals surface area contributed by atoms with Crippen LogP contribution in [-0.2, 0) is 89.6 Å². The molecule has 1 unspecified atom stereocenters. The number of halogens is 11. The van der Waals surface area contributed by atoms with Gasteiger partial charge in [-0.1, -0.05) is 43.5 Å². The zero-order chi connectivity index (χ0) is 64.9. The summed E-state index contributed by atoms with van der Waals surface area (Å²) in [5.41, 5.74) is -8.98. The number of rotatable bonds is 19. The van der Waals surface area contributed by atoms with Crippen LogP contribution in [0, 0.1) is 36.3 Å². The zero-order valence-electron chi connectivity index (χ0n) is 45.9. The van der Waals surface area contributed by atoms with Crippen LogP contribution in [0.4, 0.5) is 43.9 Å². The average molecular weight is 1330 g/mol. The Hall–Kier alpha value is -6.26. The fourth-order valence-electron chi connectivity index (χ4n) is 10.5. The van der Waals surface area contributed by atoms with E-state index in [1.807, 2.05) is 0 Å². The number of alkyl halides is 8. The number of hydrogen-bond donors (Lipinski definition) is 6. The molecule has 1 saturated carbocycles. The number of sulfone groups is 1. The number of pyridine rings is 1. The second kappa shape index (κ2) is 23.3. The van der Waals surface area contributed by atoms with Gasteiger partial charge in [-0.25, -0.2) is 35.3 Å². The molecule has 3 aromatic carbocycles. The van der Waals surface area contributed by atoms with Crippen LogP contribution < -0.4 is 9.84 Å². The fraction of sp³-hybridized carbons (Fsp3) is 0.404. The Morgan fingerprint density at radius 3 is 2.16 bits per heavy atom. The van der Waals surface area contributed by atoms with Gasteiger partial charge >= 0.3 is 27.8 Å². The minimum Gasteiger partial charge on any atom is -0.404 e. The Morgan fingerprint density at radius 2 is 1.59 bits per heavy atom. The third-order valence-corrected chi connectivity index (χ3v) is 18.5. The number of nitrogens with one attached hydrogen (secondary N) is 1. The van der Waals surface area contributed by atoms with Gasteiger partial charge in [-0.2, -0.15) is 45.3 Å². The molecule has 35 heteroatoms. The molecule has 0 bridgehead atoms. The van der Waals surface area contributed by atoms with Crippen molar-refractivity contribution in [3.8, 4) is 28.7 Å². The van der Waals surface area contributed by atoms with Gasteiger partial charge in [0.15, 0.2) is 15.5 Å². The van der Waals surface area contributed by atoms with Crippen molar-refractivity contribution < 1.29 is 104 Å². The normalized spacial score (nSPS) is 16.9. The summed E-state index contributed by atoms with van der Waals surface area (Å²) in [6.07, 6.45) is -12.7. The van der Waals surface area contributed by atoms with Crippen LogP contribution in [0.3, 0.4) is 0 Å². The van der Waals surface area contributed by atoms with E-state index in [4.69, 9.17) is 16.1 Å². The van der Waals surface area contributed by atoms with Gasteiger partial charge in [0.05, 0.1) is 40.7 Å². The molecule has 1 fully saturated rings. The number of fused-ring (bicyclic) bond motifs is 4. The molecule has 0 spiro atoms. The highest BCUT2D eigenvalue weighted by atomic mass is 35.5. The van der Waals surface area contributed by atoms with Gasteiger partial charge in [0, 0.05) is 57.7 Å². The summed E-state index contributed by atoms with van der Waals surface area (Å²) in [6, 6.07) is 6.93. The maximum Gasteiger partial charge on any atom is 0.524 e. The van der Waals surface area contributed by atoms with Gasteiger partial charge in [0.2, 0.25) is 11.8 Å². The zero-order valence-corrected chi connectivity index (χ0v) is 50.1. The molecule has 2 amide bonds. The number of phosphoric ester groups is 1. The van der Waals surface area contributed by atoms with Gasteiger partial charge < -0.3 is 19.6 Å². The molecular formula is C52H50ClF10N7O13P2S2. The van der Waals surface area contributed by atoms with E-state index in [1.165, 1.54) is 40.7 Å². The summed E-state index contributed by atoms with van der Waals surface area (Å²) < 4.78 is 226. The highest BCUT2D eigenvalue weighted by molar-refractivity contribution is 7.92. The van der Waals surface area contributed by atoms with Crippen LogP contribution in [0.2, 0.25) is 5.02 Å². The lowest BCUT2D eigenvalue weighted by molar-refractivity contribution is -0.143. The molecule has 0 saturated heterocycles. The number of phosphoric acid groups is 1. The van der Waals surface area contributed by atoms with Crippen molar-refractivity contribution in [1.82, 2.24) is 34.2 Å². The summed E-state index contributed by atoms with van der Waals surface area (Å²) in [7, 11) is -14.4. The number of carbonyl (C=O) groups excluding carboxylic acids is 2. The maximum absolute atomic E-state index is 15.7. The second-order valence-corrected chi connectivity index (χ2v) is 28.7. The molecule has 2 aliphatic carbocycles. The predicted octanol–water partition coefficient (Wildman–Crippen LogP) is 9.58. The van der Waals surface area contributed by atoms with E-state index < -0.39 is 195 Å². The molecule has 4 atom stereocenters.